The lowest BCUT2D eigenvalue weighted by Crippen LogP contribution is -2.00. The summed E-state index contributed by atoms with van der Waals surface area (Å²) in [7, 11) is 0. The molecule has 2 aromatic rings. The molecule has 0 fully saturated rings. The first kappa shape index (κ1) is 13.0. The summed E-state index contributed by atoms with van der Waals surface area (Å²) < 4.78 is 11.7. The van der Waals surface area contributed by atoms with Crippen LogP contribution in [-0.4, -0.2) is 6.79 Å². The maximum Gasteiger partial charge on any atom is 0.231 e. The second kappa shape index (κ2) is 5.56. The molecule has 0 N–H and O–H groups in total. The number of hydrogen-bond donors (Lipinski definition) is 0. The lowest BCUT2D eigenvalue weighted by atomic mass is 9.93. The molecule has 1 atom stereocenters. The molecule has 0 radical (unpaired) electrons. The molecule has 0 aromatic heterocycles. The monoisotopic (exact) mass is 329 g/mol. The van der Waals surface area contributed by atoms with E-state index in [9.17, 15) is 5.26 Å². The predicted molar refractivity (Wildman–Crippen MR) is 78.8 cm³/mol. The molecule has 3 nitrogen and oxygen atoms in total. The largest absolute Gasteiger partial charge is 0.454 e. The Morgan fingerprint density at radius 2 is 1.85 bits per heavy atom. The van der Waals surface area contributed by atoms with Gasteiger partial charge in [0.1, 0.15) is 0 Å². The first-order valence-electron chi connectivity index (χ1n) is 6.30. The third kappa shape index (κ3) is 2.63. The van der Waals surface area contributed by atoms with Crippen molar-refractivity contribution in [3.8, 4) is 17.6 Å². The zero-order valence-electron chi connectivity index (χ0n) is 10.7. The Balaban J connectivity index is 1.81. The second-order valence-corrected chi connectivity index (χ2v) is 5.54. The average molecular weight is 330 g/mol. The Bertz CT molecular complexity index is 661. The van der Waals surface area contributed by atoms with Crippen molar-refractivity contribution in [3.63, 3.8) is 0 Å². The van der Waals surface area contributed by atoms with E-state index in [1.165, 1.54) is 0 Å². The fourth-order valence-corrected chi connectivity index (χ4v) is 2.50. The summed E-state index contributed by atoms with van der Waals surface area (Å²) in [6, 6.07) is 16.1. The van der Waals surface area contributed by atoms with Gasteiger partial charge in [0.25, 0.3) is 0 Å². The Labute approximate surface area is 125 Å². The van der Waals surface area contributed by atoms with E-state index in [-0.39, 0.29) is 12.7 Å². The van der Waals surface area contributed by atoms with Gasteiger partial charge in [0, 0.05) is 4.47 Å². The molecular formula is C16H12BrNO2. The summed E-state index contributed by atoms with van der Waals surface area (Å²) in [5.74, 6) is 1.37. The fraction of sp³-hybridized carbons (Fsp3) is 0.188. The van der Waals surface area contributed by atoms with Gasteiger partial charge in [-0.3, -0.25) is 0 Å². The molecule has 1 aliphatic rings. The smallest absolute Gasteiger partial charge is 0.231 e. The van der Waals surface area contributed by atoms with Crippen LogP contribution in [0.15, 0.2) is 46.9 Å². The number of rotatable bonds is 3. The summed E-state index contributed by atoms with van der Waals surface area (Å²) in [6.45, 7) is 0.271. The van der Waals surface area contributed by atoms with Crippen LogP contribution in [0.25, 0.3) is 0 Å². The quantitative estimate of drug-likeness (QED) is 0.853. The van der Waals surface area contributed by atoms with Crippen LogP contribution in [0.4, 0.5) is 0 Å². The molecule has 0 aliphatic carbocycles. The van der Waals surface area contributed by atoms with Crippen LogP contribution in [0.5, 0.6) is 11.5 Å². The van der Waals surface area contributed by atoms with Crippen molar-refractivity contribution in [2.45, 2.75) is 12.3 Å². The second-order valence-electron chi connectivity index (χ2n) is 4.62. The standard InChI is InChI=1S/C16H12BrNO2/c17-14-4-2-12(3-5-14)13(9-18)7-11-1-6-15-16(8-11)20-10-19-15/h1-6,8,13H,7,10H2. The Morgan fingerprint density at radius 1 is 1.10 bits per heavy atom. The summed E-state index contributed by atoms with van der Waals surface area (Å²) in [5, 5.41) is 9.39. The number of hydrogen-bond acceptors (Lipinski definition) is 3. The molecule has 0 amide bonds. The molecule has 2 aromatic carbocycles. The normalized spacial score (nSPS) is 13.8. The van der Waals surface area contributed by atoms with Crippen molar-refractivity contribution in [1.29, 1.82) is 5.26 Å². The highest BCUT2D eigenvalue weighted by atomic mass is 79.9. The van der Waals surface area contributed by atoms with E-state index in [2.05, 4.69) is 22.0 Å². The van der Waals surface area contributed by atoms with Gasteiger partial charge in [0.15, 0.2) is 11.5 Å². The molecule has 1 aliphatic heterocycles. The van der Waals surface area contributed by atoms with Gasteiger partial charge in [-0.15, -0.1) is 0 Å². The van der Waals surface area contributed by atoms with Gasteiger partial charge in [0.05, 0.1) is 12.0 Å². The van der Waals surface area contributed by atoms with Crippen molar-refractivity contribution in [1.82, 2.24) is 0 Å². The maximum absolute atomic E-state index is 9.39. The number of nitrogens with zero attached hydrogens (tertiary/aromatic N) is 1. The fourth-order valence-electron chi connectivity index (χ4n) is 2.24. The van der Waals surface area contributed by atoms with Crippen LogP contribution in [0.2, 0.25) is 0 Å². The van der Waals surface area contributed by atoms with E-state index in [0.717, 1.165) is 27.1 Å². The number of benzene rings is 2. The van der Waals surface area contributed by atoms with E-state index in [4.69, 9.17) is 9.47 Å². The Hall–Kier alpha value is -1.99. The molecule has 4 heteroatoms. The third-order valence-electron chi connectivity index (χ3n) is 3.31. The molecule has 1 heterocycles. The first-order chi connectivity index (χ1) is 9.76. The molecule has 0 saturated carbocycles. The zero-order valence-corrected chi connectivity index (χ0v) is 12.3. The highest BCUT2D eigenvalue weighted by Gasteiger charge is 2.16. The molecule has 0 saturated heterocycles. The molecule has 0 bridgehead atoms. The van der Waals surface area contributed by atoms with Crippen molar-refractivity contribution in [2.75, 3.05) is 6.79 Å². The van der Waals surface area contributed by atoms with Crippen molar-refractivity contribution >= 4 is 15.9 Å². The summed E-state index contributed by atoms with van der Waals surface area (Å²) in [5.41, 5.74) is 2.09. The maximum atomic E-state index is 9.39. The number of ether oxygens (including phenoxy) is 2. The van der Waals surface area contributed by atoms with E-state index in [0.29, 0.717) is 6.42 Å². The molecule has 100 valence electrons. The molecule has 3 rings (SSSR count). The van der Waals surface area contributed by atoms with E-state index in [1.54, 1.807) is 0 Å². The molecule has 0 spiro atoms. The number of fused-ring (bicyclic) bond motifs is 1. The van der Waals surface area contributed by atoms with Crippen LogP contribution in [0.1, 0.15) is 17.0 Å². The average Bonchev–Trinajstić information content (AvgIpc) is 2.93. The first-order valence-corrected chi connectivity index (χ1v) is 7.09. The van der Waals surface area contributed by atoms with E-state index >= 15 is 0 Å². The topological polar surface area (TPSA) is 42.2 Å². The van der Waals surface area contributed by atoms with E-state index < -0.39 is 0 Å². The molecular weight excluding hydrogens is 318 g/mol. The van der Waals surface area contributed by atoms with Crippen molar-refractivity contribution in [2.24, 2.45) is 0 Å². The minimum absolute atomic E-state index is 0.163. The van der Waals surface area contributed by atoms with Crippen LogP contribution in [0, 0.1) is 11.3 Å². The molecule has 20 heavy (non-hydrogen) atoms. The highest BCUT2D eigenvalue weighted by molar-refractivity contribution is 9.10. The summed E-state index contributed by atoms with van der Waals surface area (Å²) in [4.78, 5) is 0. The molecule has 1 unspecified atom stereocenters. The third-order valence-corrected chi connectivity index (χ3v) is 3.83. The van der Waals surface area contributed by atoms with E-state index in [1.807, 2.05) is 42.5 Å². The van der Waals surface area contributed by atoms with Crippen LogP contribution < -0.4 is 9.47 Å². The Kier molecular flexibility index (Phi) is 3.62. The minimum atomic E-state index is -0.163. The van der Waals surface area contributed by atoms with Gasteiger partial charge in [0.2, 0.25) is 6.79 Å². The lowest BCUT2D eigenvalue weighted by Gasteiger charge is -2.10. The van der Waals surface area contributed by atoms with Gasteiger partial charge in [-0.1, -0.05) is 34.1 Å². The predicted octanol–water partition coefficient (Wildman–Crippen LogP) is 4.03. The van der Waals surface area contributed by atoms with Crippen molar-refractivity contribution in [3.05, 3.63) is 58.1 Å². The SMILES string of the molecule is N#CC(Cc1ccc2c(c1)OCO2)c1ccc(Br)cc1. The van der Waals surface area contributed by atoms with Crippen LogP contribution in [0.3, 0.4) is 0 Å². The minimum Gasteiger partial charge on any atom is -0.454 e. The van der Waals surface area contributed by atoms with Crippen LogP contribution >= 0.6 is 15.9 Å². The van der Waals surface area contributed by atoms with Gasteiger partial charge in [-0.2, -0.15) is 5.26 Å². The lowest BCUT2D eigenvalue weighted by molar-refractivity contribution is 0.174. The number of halogens is 1. The Morgan fingerprint density at radius 3 is 2.60 bits per heavy atom. The van der Waals surface area contributed by atoms with Crippen molar-refractivity contribution < 1.29 is 9.47 Å². The zero-order chi connectivity index (χ0) is 13.9. The van der Waals surface area contributed by atoms with Gasteiger partial charge in [-0.05, 0) is 41.8 Å². The van der Waals surface area contributed by atoms with Gasteiger partial charge < -0.3 is 9.47 Å². The number of nitriles is 1. The van der Waals surface area contributed by atoms with Crippen LogP contribution in [-0.2, 0) is 6.42 Å². The summed E-state index contributed by atoms with van der Waals surface area (Å²) in [6.07, 6.45) is 0.661. The summed E-state index contributed by atoms with van der Waals surface area (Å²) >= 11 is 3.40. The van der Waals surface area contributed by atoms with Gasteiger partial charge >= 0.3 is 0 Å². The van der Waals surface area contributed by atoms with Gasteiger partial charge in [-0.25, -0.2) is 0 Å². The highest BCUT2D eigenvalue weighted by Crippen LogP contribution is 2.34.